The molecule has 0 fully saturated rings. The molecule has 0 saturated carbocycles. The summed E-state index contributed by atoms with van der Waals surface area (Å²) in [7, 11) is 1.60. The van der Waals surface area contributed by atoms with E-state index in [-0.39, 0.29) is 5.91 Å². The number of benzene rings is 1. The van der Waals surface area contributed by atoms with E-state index < -0.39 is 0 Å². The zero-order valence-electron chi connectivity index (χ0n) is 12.4. The van der Waals surface area contributed by atoms with E-state index in [0.717, 1.165) is 11.1 Å². The number of nitrogens with zero attached hydrogens (tertiary/aromatic N) is 2. The number of aryl methyl sites for hydroxylation is 1. The standard InChI is InChI=1S/C16H18N4O2/c1-22-11-20-10-13(9-18-20)19-16(21)7-6-12-8-17-15-5-3-2-4-14(12)15/h2-5,8-10,17H,6-7,11H2,1H3,(H,19,21). The van der Waals surface area contributed by atoms with Crippen LogP contribution in [0.2, 0.25) is 0 Å². The Balaban J connectivity index is 1.57. The Bertz CT molecular complexity index is 775. The number of amides is 1. The molecule has 0 atom stereocenters. The van der Waals surface area contributed by atoms with Crippen LogP contribution in [0.5, 0.6) is 0 Å². The van der Waals surface area contributed by atoms with Crippen molar-refractivity contribution in [3.8, 4) is 0 Å². The number of H-pyrrole nitrogens is 1. The Morgan fingerprint density at radius 2 is 2.27 bits per heavy atom. The lowest BCUT2D eigenvalue weighted by Gasteiger charge is -2.02. The maximum atomic E-state index is 12.0. The quantitative estimate of drug-likeness (QED) is 0.734. The van der Waals surface area contributed by atoms with E-state index in [1.54, 1.807) is 24.2 Å². The van der Waals surface area contributed by atoms with Crippen LogP contribution in [-0.2, 0) is 22.7 Å². The highest BCUT2D eigenvalue weighted by atomic mass is 16.5. The van der Waals surface area contributed by atoms with Crippen molar-refractivity contribution in [2.24, 2.45) is 0 Å². The van der Waals surface area contributed by atoms with Gasteiger partial charge in [-0.25, -0.2) is 4.68 Å². The predicted octanol–water partition coefficient (Wildman–Crippen LogP) is 2.54. The number of aromatic amines is 1. The Morgan fingerprint density at radius 1 is 1.41 bits per heavy atom. The zero-order valence-corrected chi connectivity index (χ0v) is 12.4. The van der Waals surface area contributed by atoms with Gasteiger partial charge in [-0.2, -0.15) is 5.10 Å². The van der Waals surface area contributed by atoms with Gasteiger partial charge in [0.15, 0.2) is 0 Å². The molecule has 3 aromatic rings. The first-order valence-corrected chi connectivity index (χ1v) is 7.12. The van der Waals surface area contributed by atoms with E-state index >= 15 is 0 Å². The number of rotatable bonds is 6. The maximum Gasteiger partial charge on any atom is 0.224 e. The fourth-order valence-electron chi connectivity index (χ4n) is 2.44. The molecule has 6 heteroatoms. The third-order valence-corrected chi connectivity index (χ3v) is 3.47. The minimum Gasteiger partial charge on any atom is -0.362 e. The second-order valence-electron chi connectivity index (χ2n) is 5.09. The van der Waals surface area contributed by atoms with Gasteiger partial charge in [-0.3, -0.25) is 4.79 Å². The van der Waals surface area contributed by atoms with Gasteiger partial charge < -0.3 is 15.0 Å². The van der Waals surface area contributed by atoms with E-state index in [2.05, 4.69) is 21.5 Å². The van der Waals surface area contributed by atoms with Crippen molar-refractivity contribution in [3.63, 3.8) is 0 Å². The number of fused-ring (bicyclic) bond motifs is 1. The summed E-state index contributed by atoms with van der Waals surface area (Å²) >= 11 is 0. The van der Waals surface area contributed by atoms with Crippen LogP contribution >= 0.6 is 0 Å². The summed E-state index contributed by atoms with van der Waals surface area (Å²) in [5.41, 5.74) is 2.93. The molecular formula is C16H18N4O2. The molecule has 1 aromatic carbocycles. The number of carbonyl (C=O) groups excluding carboxylic acids is 1. The summed E-state index contributed by atoms with van der Waals surface area (Å²) in [6, 6.07) is 8.09. The van der Waals surface area contributed by atoms with Gasteiger partial charge in [-0.1, -0.05) is 18.2 Å². The summed E-state index contributed by atoms with van der Waals surface area (Å²) < 4.78 is 6.59. The number of carbonyl (C=O) groups is 1. The third-order valence-electron chi connectivity index (χ3n) is 3.47. The van der Waals surface area contributed by atoms with Crippen LogP contribution in [0.25, 0.3) is 10.9 Å². The van der Waals surface area contributed by atoms with Crippen molar-refractivity contribution < 1.29 is 9.53 Å². The number of hydrogen-bond acceptors (Lipinski definition) is 3. The number of aromatic nitrogens is 3. The number of para-hydroxylation sites is 1. The van der Waals surface area contributed by atoms with Crippen molar-refractivity contribution in [3.05, 3.63) is 48.4 Å². The average Bonchev–Trinajstić information content (AvgIpc) is 3.12. The Morgan fingerprint density at radius 3 is 3.14 bits per heavy atom. The average molecular weight is 298 g/mol. The zero-order chi connectivity index (χ0) is 15.4. The molecule has 0 unspecified atom stereocenters. The number of hydrogen-bond donors (Lipinski definition) is 2. The highest BCUT2D eigenvalue weighted by Crippen LogP contribution is 2.19. The molecule has 22 heavy (non-hydrogen) atoms. The topological polar surface area (TPSA) is 71.9 Å². The van der Waals surface area contributed by atoms with E-state index in [1.165, 1.54) is 5.39 Å². The predicted molar refractivity (Wildman–Crippen MR) is 84.5 cm³/mol. The second kappa shape index (κ2) is 6.44. The van der Waals surface area contributed by atoms with Gasteiger partial charge >= 0.3 is 0 Å². The summed E-state index contributed by atoms with van der Waals surface area (Å²) in [6.07, 6.45) is 6.45. The highest BCUT2D eigenvalue weighted by Gasteiger charge is 2.08. The van der Waals surface area contributed by atoms with Crippen molar-refractivity contribution in [2.45, 2.75) is 19.6 Å². The summed E-state index contributed by atoms with van der Waals surface area (Å²) in [5, 5.41) is 8.09. The Hall–Kier alpha value is -2.60. The van der Waals surface area contributed by atoms with Crippen molar-refractivity contribution in [1.29, 1.82) is 0 Å². The lowest BCUT2D eigenvalue weighted by Crippen LogP contribution is -2.11. The van der Waals surface area contributed by atoms with Crippen LogP contribution in [0.4, 0.5) is 5.69 Å². The molecule has 114 valence electrons. The number of anilines is 1. The van der Waals surface area contributed by atoms with Crippen LogP contribution in [0.1, 0.15) is 12.0 Å². The first-order chi connectivity index (χ1) is 10.8. The molecule has 2 heterocycles. The molecule has 6 nitrogen and oxygen atoms in total. The normalized spacial score (nSPS) is 11.0. The molecule has 1 amide bonds. The second-order valence-corrected chi connectivity index (χ2v) is 5.09. The van der Waals surface area contributed by atoms with Gasteiger partial charge in [0.05, 0.1) is 18.1 Å². The largest absolute Gasteiger partial charge is 0.362 e. The molecule has 0 aliphatic rings. The van der Waals surface area contributed by atoms with Gasteiger partial charge in [-0.15, -0.1) is 0 Å². The molecule has 0 radical (unpaired) electrons. The van der Waals surface area contributed by atoms with Crippen LogP contribution < -0.4 is 5.32 Å². The van der Waals surface area contributed by atoms with E-state index in [1.807, 2.05) is 24.4 Å². The monoisotopic (exact) mass is 298 g/mol. The van der Waals surface area contributed by atoms with Crippen molar-refractivity contribution >= 4 is 22.5 Å². The molecule has 0 spiro atoms. The van der Waals surface area contributed by atoms with Crippen LogP contribution in [0, 0.1) is 0 Å². The Labute approximate surface area is 128 Å². The summed E-state index contributed by atoms with van der Waals surface area (Å²) in [6.45, 7) is 0.366. The minimum absolute atomic E-state index is 0.0257. The number of methoxy groups -OCH3 is 1. The Kier molecular flexibility index (Phi) is 4.20. The number of nitrogens with one attached hydrogen (secondary N) is 2. The van der Waals surface area contributed by atoms with Gasteiger partial charge in [-0.05, 0) is 18.1 Å². The minimum atomic E-state index is -0.0257. The molecule has 0 saturated heterocycles. The van der Waals surface area contributed by atoms with Gasteiger partial charge in [0.25, 0.3) is 0 Å². The third kappa shape index (κ3) is 3.17. The lowest BCUT2D eigenvalue weighted by molar-refractivity contribution is -0.116. The molecule has 0 aliphatic heterocycles. The molecule has 0 bridgehead atoms. The highest BCUT2D eigenvalue weighted by molar-refractivity contribution is 5.91. The van der Waals surface area contributed by atoms with Crippen molar-refractivity contribution in [2.75, 3.05) is 12.4 Å². The molecule has 2 N–H and O–H groups in total. The van der Waals surface area contributed by atoms with Gasteiger partial charge in [0.2, 0.25) is 5.91 Å². The fraction of sp³-hybridized carbons (Fsp3) is 0.250. The maximum absolute atomic E-state index is 12.0. The molecule has 2 aromatic heterocycles. The summed E-state index contributed by atoms with van der Waals surface area (Å²) in [4.78, 5) is 15.2. The molecule has 3 rings (SSSR count). The van der Waals surface area contributed by atoms with Crippen LogP contribution in [-0.4, -0.2) is 27.8 Å². The van der Waals surface area contributed by atoms with E-state index in [9.17, 15) is 4.79 Å². The number of ether oxygens (including phenoxy) is 1. The fourth-order valence-corrected chi connectivity index (χ4v) is 2.44. The first kappa shape index (κ1) is 14.3. The molecular weight excluding hydrogens is 280 g/mol. The SMILES string of the molecule is COCn1cc(NC(=O)CCc2c[nH]c3ccccc23)cn1. The van der Waals surface area contributed by atoms with Crippen molar-refractivity contribution in [1.82, 2.24) is 14.8 Å². The van der Waals surface area contributed by atoms with Gasteiger partial charge in [0.1, 0.15) is 6.73 Å². The smallest absolute Gasteiger partial charge is 0.224 e. The molecule has 0 aliphatic carbocycles. The lowest BCUT2D eigenvalue weighted by atomic mass is 10.1. The van der Waals surface area contributed by atoms with E-state index in [4.69, 9.17) is 4.74 Å². The first-order valence-electron chi connectivity index (χ1n) is 7.12. The van der Waals surface area contributed by atoms with Crippen LogP contribution in [0.15, 0.2) is 42.9 Å². The summed E-state index contributed by atoms with van der Waals surface area (Å²) in [5.74, 6) is -0.0257. The van der Waals surface area contributed by atoms with E-state index in [0.29, 0.717) is 25.3 Å². The van der Waals surface area contributed by atoms with Gasteiger partial charge in [0, 0.05) is 30.6 Å². The van der Waals surface area contributed by atoms with Crippen LogP contribution in [0.3, 0.4) is 0 Å².